The number of aromatic nitrogens is 2. The van der Waals surface area contributed by atoms with Gasteiger partial charge >= 0.3 is 5.97 Å². The number of hydrogen-bond acceptors (Lipinski definition) is 3. The summed E-state index contributed by atoms with van der Waals surface area (Å²) in [6.45, 7) is 0.567. The Morgan fingerprint density at radius 1 is 0.724 bits per heavy atom. The predicted octanol–water partition coefficient (Wildman–Crippen LogP) is 4.70. The number of esters is 1. The van der Waals surface area contributed by atoms with E-state index in [1.807, 2.05) is 83.7 Å². The van der Waals surface area contributed by atoms with Gasteiger partial charge in [-0.15, -0.1) is 0 Å². The maximum Gasteiger partial charge on any atom is 0.317 e. The highest BCUT2D eigenvalue weighted by Crippen LogP contribution is 2.22. The van der Waals surface area contributed by atoms with E-state index in [2.05, 4.69) is 17.1 Å². The predicted molar refractivity (Wildman–Crippen MR) is 112 cm³/mol. The molecule has 0 spiro atoms. The molecule has 2 aromatic carbocycles. The van der Waals surface area contributed by atoms with Gasteiger partial charge in [-0.05, 0) is 46.5 Å². The zero-order chi connectivity index (χ0) is 19.9. The smallest absolute Gasteiger partial charge is 0.317 e. The van der Waals surface area contributed by atoms with E-state index in [0.29, 0.717) is 18.7 Å². The second-order valence-corrected chi connectivity index (χ2v) is 6.68. The average Bonchev–Trinajstić information content (AvgIpc) is 2.80. The van der Waals surface area contributed by atoms with Gasteiger partial charge in [-0.2, -0.15) is 0 Å². The van der Waals surface area contributed by atoms with Crippen LogP contribution in [0.3, 0.4) is 0 Å². The Morgan fingerprint density at radius 3 is 2.00 bits per heavy atom. The minimum absolute atomic E-state index is 0.247. The molecular weight excluding hydrogens is 360 g/mol. The number of carbonyl (C=O) groups excluding carboxylic acids is 1. The highest BCUT2D eigenvalue weighted by atomic mass is 16.5. The fourth-order valence-corrected chi connectivity index (χ4v) is 3.09. The Balaban J connectivity index is 1.31. The lowest BCUT2D eigenvalue weighted by atomic mass is 10.1. The van der Waals surface area contributed by atoms with Crippen molar-refractivity contribution in [2.45, 2.75) is 13.0 Å². The molecule has 0 saturated heterocycles. The fraction of sp³-hybridized carbons (Fsp3) is 0.0800. The van der Waals surface area contributed by atoms with E-state index in [0.717, 1.165) is 22.3 Å². The Labute approximate surface area is 170 Å². The molecule has 4 heteroatoms. The third-order valence-corrected chi connectivity index (χ3v) is 4.67. The van der Waals surface area contributed by atoms with Crippen LogP contribution >= 0.6 is 0 Å². The number of carbonyl (C=O) groups is 1. The number of hydrogen-bond donors (Lipinski definition) is 0. The molecule has 0 bridgehead atoms. The minimum Gasteiger partial charge on any atom is -0.426 e. The van der Waals surface area contributed by atoms with Crippen molar-refractivity contribution in [3.8, 4) is 28.0 Å². The van der Waals surface area contributed by atoms with Crippen molar-refractivity contribution in [1.82, 2.24) is 4.98 Å². The number of aryl methyl sites for hydroxylation is 1. The molecule has 4 rings (SSSR count). The second kappa shape index (κ2) is 8.93. The van der Waals surface area contributed by atoms with Crippen molar-refractivity contribution in [2.24, 2.45) is 0 Å². The van der Waals surface area contributed by atoms with Gasteiger partial charge in [0, 0.05) is 24.5 Å². The number of ether oxygens (including phenoxy) is 1. The van der Waals surface area contributed by atoms with Crippen molar-refractivity contribution in [1.29, 1.82) is 0 Å². The van der Waals surface area contributed by atoms with Crippen molar-refractivity contribution in [3.05, 3.63) is 104 Å². The van der Waals surface area contributed by atoms with E-state index in [1.165, 1.54) is 0 Å². The first-order valence-corrected chi connectivity index (χ1v) is 9.54. The molecule has 4 nitrogen and oxygen atoms in total. The summed E-state index contributed by atoms with van der Waals surface area (Å²) in [4.78, 5) is 16.2. The zero-order valence-corrected chi connectivity index (χ0v) is 15.9. The van der Waals surface area contributed by atoms with Gasteiger partial charge in [-0.1, -0.05) is 42.5 Å². The zero-order valence-electron chi connectivity index (χ0n) is 15.9. The van der Waals surface area contributed by atoms with Crippen molar-refractivity contribution in [2.75, 3.05) is 0 Å². The van der Waals surface area contributed by atoms with Crippen LogP contribution in [0, 0.1) is 0 Å². The summed E-state index contributed by atoms with van der Waals surface area (Å²) in [5.41, 5.74) is 4.46. The van der Waals surface area contributed by atoms with E-state index in [9.17, 15) is 4.79 Å². The molecule has 0 aliphatic carbocycles. The summed E-state index contributed by atoms with van der Waals surface area (Å²) in [7, 11) is 0. The Bertz CT molecular complexity index is 1060. The molecular formula is C25H21N2O2+. The van der Waals surface area contributed by atoms with Gasteiger partial charge in [0.15, 0.2) is 18.9 Å². The maximum atomic E-state index is 12.2. The molecule has 0 atom stereocenters. The summed E-state index contributed by atoms with van der Waals surface area (Å²) in [5, 5.41) is 0. The molecule has 0 unspecified atom stereocenters. The van der Waals surface area contributed by atoms with Gasteiger partial charge in [0.25, 0.3) is 0 Å². The molecule has 0 radical (unpaired) electrons. The molecule has 2 aromatic heterocycles. The second-order valence-electron chi connectivity index (χ2n) is 6.68. The summed E-state index contributed by atoms with van der Waals surface area (Å²) in [5.74, 6) is 0.316. The first kappa shape index (κ1) is 18.6. The monoisotopic (exact) mass is 381 g/mol. The lowest BCUT2D eigenvalue weighted by molar-refractivity contribution is -0.695. The number of benzene rings is 2. The first-order valence-electron chi connectivity index (χ1n) is 9.54. The van der Waals surface area contributed by atoms with Gasteiger partial charge in [0.2, 0.25) is 0 Å². The van der Waals surface area contributed by atoms with Crippen LogP contribution in [-0.4, -0.2) is 11.0 Å². The standard InChI is InChI=1S/C25H21N2O2/c28-25(29-24-8-6-21(7-9-24)20-4-2-1-3-5-20)14-19-27-17-12-23(13-18-27)22-10-15-26-16-11-22/h1-13,15-18H,14,19H2/q+1. The van der Waals surface area contributed by atoms with Crippen LogP contribution < -0.4 is 9.30 Å². The molecule has 29 heavy (non-hydrogen) atoms. The Morgan fingerprint density at radius 2 is 1.31 bits per heavy atom. The normalized spacial score (nSPS) is 10.5. The quantitative estimate of drug-likeness (QED) is 0.276. The lowest BCUT2D eigenvalue weighted by Gasteiger charge is -2.05. The minimum atomic E-state index is -0.247. The van der Waals surface area contributed by atoms with Crippen LogP contribution in [-0.2, 0) is 11.3 Å². The molecule has 2 heterocycles. The van der Waals surface area contributed by atoms with Gasteiger partial charge in [-0.3, -0.25) is 9.78 Å². The van der Waals surface area contributed by atoms with E-state index < -0.39 is 0 Å². The third-order valence-electron chi connectivity index (χ3n) is 4.67. The van der Waals surface area contributed by atoms with Gasteiger partial charge < -0.3 is 4.74 Å². The number of nitrogens with zero attached hydrogens (tertiary/aromatic N) is 2. The first-order chi connectivity index (χ1) is 14.3. The molecule has 0 amide bonds. The molecule has 0 aliphatic heterocycles. The van der Waals surface area contributed by atoms with Crippen LogP contribution in [0.5, 0.6) is 5.75 Å². The summed E-state index contributed by atoms with van der Waals surface area (Å²) in [6, 6.07) is 25.7. The molecule has 142 valence electrons. The summed E-state index contributed by atoms with van der Waals surface area (Å²) in [6.07, 6.45) is 7.80. The van der Waals surface area contributed by atoms with Crippen LogP contribution in [0.25, 0.3) is 22.3 Å². The van der Waals surface area contributed by atoms with Gasteiger partial charge in [0.05, 0.1) is 0 Å². The molecule has 0 aliphatic rings. The van der Waals surface area contributed by atoms with Gasteiger partial charge in [-0.25, -0.2) is 4.57 Å². The Kier molecular flexibility index (Phi) is 5.72. The lowest BCUT2D eigenvalue weighted by Crippen LogP contribution is -2.34. The van der Waals surface area contributed by atoms with Crippen LogP contribution in [0.4, 0.5) is 0 Å². The highest BCUT2D eigenvalue weighted by Gasteiger charge is 2.10. The summed E-state index contributed by atoms with van der Waals surface area (Å²) < 4.78 is 7.44. The highest BCUT2D eigenvalue weighted by molar-refractivity contribution is 5.72. The van der Waals surface area contributed by atoms with E-state index in [-0.39, 0.29) is 5.97 Å². The third kappa shape index (κ3) is 4.93. The molecule has 4 aromatic rings. The van der Waals surface area contributed by atoms with Crippen molar-refractivity contribution in [3.63, 3.8) is 0 Å². The van der Waals surface area contributed by atoms with E-state index in [1.54, 1.807) is 12.4 Å². The fourth-order valence-electron chi connectivity index (χ4n) is 3.09. The van der Waals surface area contributed by atoms with Crippen molar-refractivity contribution >= 4 is 5.97 Å². The number of rotatable bonds is 6. The van der Waals surface area contributed by atoms with Crippen LogP contribution in [0.2, 0.25) is 0 Å². The molecule has 0 N–H and O–H groups in total. The van der Waals surface area contributed by atoms with Crippen LogP contribution in [0.1, 0.15) is 6.42 Å². The Hall–Kier alpha value is -3.79. The summed E-state index contributed by atoms with van der Waals surface area (Å²) >= 11 is 0. The molecule has 0 saturated carbocycles. The van der Waals surface area contributed by atoms with Crippen LogP contribution in [0.15, 0.2) is 104 Å². The SMILES string of the molecule is O=C(CC[n+]1ccc(-c2ccncc2)cc1)Oc1ccc(-c2ccccc2)cc1. The van der Waals surface area contributed by atoms with E-state index >= 15 is 0 Å². The number of pyridine rings is 2. The van der Waals surface area contributed by atoms with Crippen molar-refractivity contribution < 1.29 is 14.1 Å². The van der Waals surface area contributed by atoms with E-state index in [4.69, 9.17) is 4.74 Å². The molecule has 0 fully saturated rings. The average molecular weight is 381 g/mol. The maximum absolute atomic E-state index is 12.2. The topological polar surface area (TPSA) is 43.1 Å². The van der Waals surface area contributed by atoms with Gasteiger partial charge in [0.1, 0.15) is 12.2 Å². The largest absolute Gasteiger partial charge is 0.426 e.